The number of ether oxygens (including phenoxy) is 2. The van der Waals surface area contributed by atoms with Gasteiger partial charge in [-0.15, -0.1) is 0 Å². The van der Waals surface area contributed by atoms with Crippen LogP contribution in [-0.4, -0.2) is 43.1 Å². The van der Waals surface area contributed by atoms with Gasteiger partial charge in [0.1, 0.15) is 0 Å². The quantitative estimate of drug-likeness (QED) is 0.514. The lowest BCUT2D eigenvalue weighted by Gasteiger charge is -2.18. The highest BCUT2D eigenvalue weighted by atomic mass is 16.6. The summed E-state index contributed by atoms with van der Waals surface area (Å²) in [6, 6.07) is -1.41. The van der Waals surface area contributed by atoms with E-state index in [1.165, 1.54) is 0 Å². The minimum absolute atomic E-state index is 0.00520. The smallest absolute Gasteiger partial charge is 0.340 e. The molecule has 3 N–H and O–H groups in total. The number of rotatable bonds is 6. The lowest BCUT2D eigenvalue weighted by molar-refractivity contribution is -0.160. The molecule has 0 aromatic rings. The number of amides is 1. The van der Waals surface area contributed by atoms with Crippen molar-refractivity contribution < 1.29 is 23.9 Å². The molecule has 1 aliphatic carbocycles. The average Bonchev–Trinajstić information content (AvgIpc) is 2.83. The molecule has 7 nitrogen and oxygen atoms in total. The number of esters is 2. The first kappa shape index (κ1) is 16.4. The molecule has 0 spiro atoms. The van der Waals surface area contributed by atoms with Crippen molar-refractivity contribution in [2.75, 3.05) is 13.2 Å². The van der Waals surface area contributed by atoms with Gasteiger partial charge in [-0.1, -0.05) is 0 Å². The van der Waals surface area contributed by atoms with E-state index in [0.717, 1.165) is 6.42 Å². The Kier molecular flexibility index (Phi) is 6.44. The topological polar surface area (TPSA) is 108 Å². The van der Waals surface area contributed by atoms with Crippen molar-refractivity contribution in [2.45, 2.75) is 45.2 Å². The number of nitrogens with one attached hydrogen (secondary N) is 1. The molecule has 0 bridgehead atoms. The molecule has 20 heavy (non-hydrogen) atoms. The maximum Gasteiger partial charge on any atom is 0.340 e. The van der Waals surface area contributed by atoms with Gasteiger partial charge in [-0.3, -0.25) is 4.79 Å². The summed E-state index contributed by atoms with van der Waals surface area (Å²) in [6.07, 6.45) is 1.98. The summed E-state index contributed by atoms with van der Waals surface area (Å²) in [4.78, 5) is 35.5. The number of carbonyl (C=O) groups is 3. The van der Waals surface area contributed by atoms with Crippen LogP contribution < -0.4 is 11.1 Å². The van der Waals surface area contributed by atoms with Crippen molar-refractivity contribution in [2.24, 2.45) is 11.7 Å². The van der Waals surface area contributed by atoms with Crippen LogP contribution in [0.4, 0.5) is 0 Å². The van der Waals surface area contributed by atoms with Crippen molar-refractivity contribution in [1.82, 2.24) is 5.32 Å². The molecule has 0 aromatic heterocycles. The molecule has 0 radical (unpaired) electrons. The van der Waals surface area contributed by atoms with E-state index in [4.69, 9.17) is 15.2 Å². The molecule has 2 unspecified atom stereocenters. The molecule has 0 heterocycles. The Labute approximate surface area is 118 Å². The van der Waals surface area contributed by atoms with E-state index in [1.54, 1.807) is 13.8 Å². The van der Waals surface area contributed by atoms with Gasteiger partial charge in [-0.25, -0.2) is 9.59 Å². The van der Waals surface area contributed by atoms with Gasteiger partial charge in [0.2, 0.25) is 11.9 Å². The number of nitrogens with two attached hydrogens (primary N) is 1. The lowest BCUT2D eigenvalue weighted by atomic mass is 10.1. The van der Waals surface area contributed by atoms with Gasteiger partial charge in [-0.05, 0) is 33.1 Å². The minimum atomic E-state index is -1.40. The fourth-order valence-electron chi connectivity index (χ4n) is 2.18. The average molecular weight is 286 g/mol. The molecule has 1 amide bonds. The van der Waals surface area contributed by atoms with Crippen LogP contribution in [-0.2, 0) is 23.9 Å². The Morgan fingerprint density at radius 3 is 2.10 bits per heavy atom. The SMILES string of the molecule is CCOC(=O)C(NC(=O)C1CCC(N)C1)C(=O)OCC. The lowest BCUT2D eigenvalue weighted by Crippen LogP contribution is -2.49. The monoisotopic (exact) mass is 286 g/mol. The van der Waals surface area contributed by atoms with Crippen molar-refractivity contribution >= 4 is 17.8 Å². The third-order valence-electron chi connectivity index (χ3n) is 3.18. The normalized spacial score (nSPS) is 21.6. The Bertz CT molecular complexity index is 354. The van der Waals surface area contributed by atoms with Gasteiger partial charge in [-0.2, -0.15) is 0 Å². The fraction of sp³-hybridized carbons (Fsp3) is 0.769. The molecule has 7 heteroatoms. The Balaban J connectivity index is 2.65. The zero-order chi connectivity index (χ0) is 15.1. The third-order valence-corrected chi connectivity index (χ3v) is 3.18. The Hall–Kier alpha value is -1.63. The molecule has 114 valence electrons. The Morgan fingerprint density at radius 1 is 1.15 bits per heavy atom. The van der Waals surface area contributed by atoms with Gasteiger partial charge < -0.3 is 20.5 Å². The number of hydrogen-bond acceptors (Lipinski definition) is 6. The summed E-state index contributed by atoms with van der Waals surface area (Å²) in [5.41, 5.74) is 5.75. The van der Waals surface area contributed by atoms with Crippen LogP contribution in [0.5, 0.6) is 0 Å². The largest absolute Gasteiger partial charge is 0.464 e. The third kappa shape index (κ3) is 4.48. The zero-order valence-electron chi connectivity index (χ0n) is 11.9. The van der Waals surface area contributed by atoms with Gasteiger partial charge in [0.15, 0.2) is 0 Å². The van der Waals surface area contributed by atoms with Crippen LogP contribution in [0.25, 0.3) is 0 Å². The molecule has 0 aliphatic heterocycles. The van der Waals surface area contributed by atoms with Crippen LogP contribution in [0.2, 0.25) is 0 Å². The molecular weight excluding hydrogens is 264 g/mol. The summed E-state index contributed by atoms with van der Waals surface area (Å²) < 4.78 is 9.55. The van der Waals surface area contributed by atoms with Crippen LogP contribution >= 0.6 is 0 Å². The predicted octanol–water partition coefficient (Wildman–Crippen LogP) is -0.275. The van der Waals surface area contributed by atoms with Crippen LogP contribution in [0.3, 0.4) is 0 Å². The van der Waals surface area contributed by atoms with E-state index in [-0.39, 0.29) is 31.1 Å². The van der Waals surface area contributed by atoms with Gasteiger partial charge >= 0.3 is 11.9 Å². The van der Waals surface area contributed by atoms with E-state index in [1.807, 2.05) is 0 Å². The zero-order valence-corrected chi connectivity index (χ0v) is 11.9. The van der Waals surface area contributed by atoms with Crippen molar-refractivity contribution in [3.05, 3.63) is 0 Å². The fourth-order valence-corrected chi connectivity index (χ4v) is 2.18. The predicted molar refractivity (Wildman–Crippen MR) is 70.5 cm³/mol. The van der Waals surface area contributed by atoms with E-state index in [9.17, 15) is 14.4 Å². The summed E-state index contributed by atoms with van der Waals surface area (Å²) in [6.45, 7) is 3.49. The molecule has 1 fully saturated rings. The number of hydrogen-bond donors (Lipinski definition) is 2. The second kappa shape index (κ2) is 7.84. The molecule has 0 saturated heterocycles. The standard InChI is InChI=1S/C13H22N2O5/c1-3-19-12(17)10(13(18)20-4-2)15-11(16)8-5-6-9(14)7-8/h8-10H,3-7,14H2,1-2H3,(H,15,16). The first-order chi connectivity index (χ1) is 9.49. The maximum atomic E-state index is 12.0. The van der Waals surface area contributed by atoms with E-state index in [0.29, 0.717) is 12.8 Å². The summed E-state index contributed by atoms with van der Waals surface area (Å²) >= 11 is 0. The van der Waals surface area contributed by atoms with Gasteiger partial charge in [0, 0.05) is 12.0 Å². The molecule has 1 aliphatic rings. The summed E-state index contributed by atoms with van der Waals surface area (Å²) in [7, 11) is 0. The molecule has 2 atom stereocenters. The van der Waals surface area contributed by atoms with Crippen molar-refractivity contribution in [1.29, 1.82) is 0 Å². The Morgan fingerprint density at radius 2 is 1.70 bits per heavy atom. The van der Waals surface area contributed by atoms with E-state index in [2.05, 4.69) is 5.32 Å². The van der Waals surface area contributed by atoms with E-state index >= 15 is 0 Å². The summed E-state index contributed by atoms with van der Waals surface area (Å²) in [5, 5.41) is 2.41. The van der Waals surface area contributed by atoms with E-state index < -0.39 is 18.0 Å². The second-order valence-electron chi connectivity index (χ2n) is 4.72. The first-order valence-corrected chi connectivity index (χ1v) is 6.88. The molecule has 1 saturated carbocycles. The van der Waals surface area contributed by atoms with Gasteiger partial charge in [0.05, 0.1) is 13.2 Å². The highest BCUT2D eigenvalue weighted by Crippen LogP contribution is 2.24. The molecule has 0 aromatic carbocycles. The number of carbonyl (C=O) groups excluding carboxylic acids is 3. The van der Waals surface area contributed by atoms with Crippen LogP contribution in [0, 0.1) is 5.92 Å². The highest BCUT2D eigenvalue weighted by Gasteiger charge is 2.35. The molecular formula is C13H22N2O5. The van der Waals surface area contributed by atoms with Crippen molar-refractivity contribution in [3.63, 3.8) is 0 Å². The summed E-state index contributed by atoms with van der Waals surface area (Å²) in [5.74, 6) is -2.23. The molecule has 1 rings (SSSR count). The van der Waals surface area contributed by atoms with Crippen LogP contribution in [0.15, 0.2) is 0 Å². The highest BCUT2D eigenvalue weighted by molar-refractivity contribution is 6.02. The second-order valence-corrected chi connectivity index (χ2v) is 4.72. The maximum absolute atomic E-state index is 12.0. The minimum Gasteiger partial charge on any atom is -0.464 e. The van der Waals surface area contributed by atoms with Crippen LogP contribution in [0.1, 0.15) is 33.1 Å². The van der Waals surface area contributed by atoms with Gasteiger partial charge in [0.25, 0.3) is 0 Å². The first-order valence-electron chi connectivity index (χ1n) is 6.88. The van der Waals surface area contributed by atoms with Crippen molar-refractivity contribution in [3.8, 4) is 0 Å².